The first kappa shape index (κ1) is 22.7. The van der Waals surface area contributed by atoms with Crippen LogP contribution in [0.4, 0.5) is 11.4 Å². The third kappa shape index (κ3) is 7.07. The van der Waals surface area contributed by atoms with Gasteiger partial charge in [0.2, 0.25) is 0 Å². The molecule has 0 saturated heterocycles. The summed E-state index contributed by atoms with van der Waals surface area (Å²) in [5.74, 6) is 1.95. The van der Waals surface area contributed by atoms with Gasteiger partial charge in [0.15, 0.2) is 11.5 Å². The Hall–Kier alpha value is -1.96. The Bertz CT molecular complexity index is 681. The highest BCUT2D eigenvalue weighted by molar-refractivity contribution is 5.77. The van der Waals surface area contributed by atoms with E-state index in [0.29, 0.717) is 0 Å². The average Bonchev–Trinajstić information content (AvgIpc) is 2.78. The van der Waals surface area contributed by atoms with Crippen LogP contribution in [-0.2, 0) is 0 Å². The van der Waals surface area contributed by atoms with Crippen LogP contribution in [0.1, 0.15) is 96.8 Å². The first-order chi connectivity index (χ1) is 14.9. The molecule has 0 radical (unpaired) electrons. The molecule has 0 fully saturated rings. The number of fused-ring (bicyclic) bond motifs is 2. The van der Waals surface area contributed by atoms with Crippen molar-refractivity contribution in [1.29, 1.82) is 0 Å². The second-order valence-corrected chi connectivity index (χ2v) is 8.79. The van der Waals surface area contributed by atoms with Crippen LogP contribution >= 0.6 is 0 Å². The molecule has 0 unspecified atom stereocenters. The molecule has 0 N–H and O–H groups in total. The molecule has 2 aromatic rings. The number of hydrogen-bond acceptors (Lipinski definition) is 2. The molecule has 1 aliphatic rings. The Kier molecular flexibility index (Phi) is 10.1. The van der Waals surface area contributed by atoms with Gasteiger partial charge in [-0.25, -0.2) is 0 Å². The van der Waals surface area contributed by atoms with Gasteiger partial charge in [0.05, 0.1) is 11.4 Å². The lowest BCUT2D eigenvalue weighted by Crippen LogP contribution is -2.22. The van der Waals surface area contributed by atoms with E-state index in [1.807, 2.05) is 0 Å². The van der Waals surface area contributed by atoms with E-state index in [4.69, 9.17) is 4.74 Å². The lowest BCUT2D eigenvalue weighted by Gasteiger charge is -2.32. The Morgan fingerprint density at radius 3 is 1.40 bits per heavy atom. The molecule has 0 spiro atoms. The maximum Gasteiger partial charge on any atom is 0.151 e. The molecule has 164 valence electrons. The van der Waals surface area contributed by atoms with Crippen LogP contribution < -0.4 is 9.64 Å². The Balaban J connectivity index is 1.27. The van der Waals surface area contributed by atoms with E-state index in [1.54, 1.807) is 0 Å². The van der Waals surface area contributed by atoms with Gasteiger partial charge in [-0.15, -0.1) is 0 Å². The predicted molar refractivity (Wildman–Crippen MR) is 130 cm³/mol. The summed E-state index contributed by atoms with van der Waals surface area (Å²) < 4.78 is 6.09. The summed E-state index contributed by atoms with van der Waals surface area (Å²) in [5, 5.41) is 0. The molecule has 30 heavy (non-hydrogen) atoms. The quantitative estimate of drug-likeness (QED) is 0.273. The first-order valence-electron chi connectivity index (χ1n) is 12.5. The summed E-state index contributed by atoms with van der Waals surface area (Å²) in [6.07, 6.45) is 19.6. The summed E-state index contributed by atoms with van der Waals surface area (Å²) in [5.41, 5.74) is 2.40. The molecular weight excluding hydrogens is 366 g/mol. The predicted octanol–water partition coefficient (Wildman–Crippen LogP) is 9.41. The molecule has 1 aliphatic heterocycles. The zero-order valence-electron chi connectivity index (χ0n) is 19.1. The van der Waals surface area contributed by atoms with Gasteiger partial charge < -0.3 is 9.64 Å². The highest BCUT2D eigenvalue weighted by atomic mass is 16.5. The monoisotopic (exact) mass is 407 g/mol. The minimum absolute atomic E-state index is 0.974. The summed E-state index contributed by atoms with van der Waals surface area (Å²) in [4.78, 5) is 2.44. The second-order valence-electron chi connectivity index (χ2n) is 8.79. The van der Waals surface area contributed by atoms with Crippen LogP contribution in [0, 0.1) is 0 Å². The maximum absolute atomic E-state index is 6.09. The van der Waals surface area contributed by atoms with Crippen molar-refractivity contribution in [2.45, 2.75) is 96.8 Å². The molecular formula is C28H41NO. The lowest BCUT2D eigenvalue weighted by molar-refractivity contribution is 0.471. The van der Waals surface area contributed by atoms with Gasteiger partial charge >= 0.3 is 0 Å². The molecule has 1 heterocycles. The van der Waals surface area contributed by atoms with Crippen LogP contribution in [0.3, 0.4) is 0 Å². The fraction of sp³-hybridized carbons (Fsp3) is 0.571. The molecule has 2 nitrogen and oxygen atoms in total. The van der Waals surface area contributed by atoms with Crippen molar-refractivity contribution in [3.8, 4) is 11.5 Å². The number of rotatable bonds is 15. The van der Waals surface area contributed by atoms with Crippen LogP contribution in [0.15, 0.2) is 48.5 Å². The topological polar surface area (TPSA) is 12.5 Å². The van der Waals surface area contributed by atoms with E-state index < -0.39 is 0 Å². The van der Waals surface area contributed by atoms with Gasteiger partial charge in [-0.1, -0.05) is 115 Å². The number of benzene rings is 2. The average molecular weight is 408 g/mol. The SMILES string of the molecule is CCCCCCCCCCCCCCCCN1c2ccccc2Oc2ccccc21. The third-order valence-electron chi connectivity index (χ3n) is 6.27. The molecule has 0 atom stereocenters. The summed E-state index contributed by atoms with van der Waals surface area (Å²) in [6, 6.07) is 16.8. The third-order valence-corrected chi connectivity index (χ3v) is 6.27. The van der Waals surface area contributed by atoms with Gasteiger partial charge in [-0.05, 0) is 30.7 Å². The number of hydrogen-bond donors (Lipinski definition) is 0. The Morgan fingerprint density at radius 1 is 0.533 bits per heavy atom. The van der Waals surface area contributed by atoms with Crippen molar-refractivity contribution in [2.75, 3.05) is 11.4 Å². The van der Waals surface area contributed by atoms with Crippen molar-refractivity contribution in [1.82, 2.24) is 0 Å². The molecule has 0 amide bonds. The fourth-order valence-corrected chi connectivity index (χ4v) is 4.49. The van der Waals surface area contributed by atoms with Crippen LogP contribution in [-0.4, -0.2) is 6.54 Å². The molecule has 0 aliphatic carbocycles. The Morgan fingerprint density at radius 2 is 0.933 bits per heavy atom. The number of unbranched alkanes of at least 4 members (excludes halogenated alkanes) is 13. The molecule has 3 rings (SSSR count). The number of ether oxygens (including phenoxy) is 1. The van der Waals surface area contributed by atoms with E-state index in [0.717, 1.165) is 18.0 Å². The molecule has 0 saturated carbocycles. The van der Waals surface area contributed by atoms with E-state index in [1.165, 1.54) is 101 Å². The van der Waals surface area contributed by atoms with Crippen LogP contribution in [0.5, 0.6) is 11.5 Å². The van der Waals surface area contributed by atoms with Crippen molar-refractivity contribution in [3.63, 3.8) is 0 Å². The molecule has 2 heteroatoms. The summed E-state index contributed by atoms with van der Waals surface area (Å²) >= 11 is 0. The highest BCUT2D eigenvalue weighted by Crippen LogP contribution is 2.46. The van der Waals surface area contributed by atoms with Crippen molar-refractivity contribution >= 4 is 11.4 Å². The Labute approximate surface area is 184 Å². The van der Waals surface area contributed by atoms with Crippen LogP contribution in [0.25, 0.3) is 0 Å². The zero-order valence-corrected chi connectivity index (χ0v) is 19.1. The number of anilines is 2. The lowest BCUT2D eigenvalue weighted by atomic mass is 10.0. The summed E-state index contributed by atoms with van der Waals surface area (Å²) in [7, 11) is 0. The zero-order chi connectivity index (χ0) is 20.9. The van der Waals surface area contributed by atoms with Gasteiger partial charge in [-0.2, -0.15) is 0 Å². The molecule has 2 aromatic carbocycles. The van der Waals surface area contributed by atoms with E-state index in [9.17, 15) is 0 Å². The second kappa shape index (κ2) is 13.4. The normalized spacial score (nSPS) is 12.4. The number of nitrogens with zero attached hydrogens (tertiary/aromatic N) is 1. The summed E-state index contributed by atoms with van der Waals surface area (Å²) in [6.45, 7) is 3.36. The maximum atomic E-state index is 6.09. The van der Waals surface area contributed by atoms with E-state index in [-0.39, 0.29) is 0 Å². The van der Waals surface area contributed by atoms with E-state index in [2.05, 4.69) is 60.4 Å². The van der Waals surface area contributed by atoms with Gasteiger partial charge in [0, 0.05) is 6.54 Å². The van der Waals surface area contributed by atoms with Crippen molar-refractivity contribution in [2.24, 2.45) is 0 Å². The van der Waals surface area contributed by atoms with E-state index >= 15 is 0 Å². The molecule has 0 aromatic heterocycles. The smallest absolute Gasteiger partial charge is 0.151 e. The minimum Gasteiger partial charge on any atom is -0.453 e. The van der Waals surface area contributed by atoms with Gasteiger partial charge in [0.1, 0.15) is 0 Å². The largest absolute Gasteiger partial charge is 0.453 e. The molecule has 0 bridgehead atoms. The standard InChI is InChI=1S/C28H41NO/c1-2-3-4-5-6-7-8-9-10-11-12-13-14-19-24-29-25-20-15-17-22-27(25)30-28-23-18-16-21-26(28)29/h15-18,20-23H,2-14,19,24H2,1H3. The van der Waals surface area contributed by atoms with Crippen LogP contribution in [0.2, 0.25) is 0 Å². The van der Waals surface area contributed by atoms with Gasteiger partial charge in [-0.3, -0.25) is 0 Å². The van der Waals surface area contributed by atoms with Crippen molar-refractivity contribution < 1.29 is 4.74 Å². The number of para-hydroxylation sites is 4. The minimum atomic E-state index is 0.974. The van der Waals surface area contributed by atoms with Crippen molar-refractivity contribution in [3.05, 3.63) is 48.5 Å². The highest BCUT2D eigenvalue weighted by Gasteiger charge is 2.22. The van der Waals surface area contributed by atoms with Gasteiger partial charge in [0.25, 0.3) is 0 Å². The first-order valence-corrected chi connectivity index (χ1v) is 12.5. The fourth-order valence-electron chi connectivity index (χ4n) is 4.49.